The van der Waals surface area contributed by atoms with Crippen LogP contribution >= 0.6 is 0 Å². The third-order valence-corrected chi connectivity index (χ3v) is 3.33. The van der Waals surface area contributed by atoms with Crippen LogP contribution < -0.4 is 15.4 Å². The Morgan fingerprint density at radius 3 is 2.71 bits per heavy atom. The Hall–Kier alpha value is -2.57. The quantitative estimate of drug-likeness (QED) is 0.601. The fourth-order valence-electron chi connectivity index (χ4n) is 2.02. The molecule has 1 heterocycles. The fourth-order valence-corrected chi connectivity index (χ4v) is 2.02. The molecule has 2 aromatic rings. The summed E-state index contributed by atoms with van der Waals surface area (Å²) < 4.78 is 23.8. The molecular formula is C17H23FN4O2. The van der Waals surface area contributed by atoms with Crippen LogP contribution in [0.4, 0.5) is 4.39 Å². The Morgan fingerprint density at radius 2 is 2.08 bits per heavy atom. The molecule has 0 radical (unpaired) electrons. The lowest BCUT2D eigenvalue weighted by Crippen LogP contribution is -2.41. The van der Waals surface area contributed by atoms with E-state index >= 15 is 0 Å². The average Bonchev–Trinajstić information content (AvgIpc) is 3.05. The van der Waals surface area contributed by atoms with Crippen LogP contribution in [0, 0.1) is 5.82 Å². The number of nitrogens with zero attached hydrogens (tertiary/aromatic N) is 2. The fraction of sp³-hybridized carbons (Fsp3) is 0.412. The monoisotopic (exact) mass is 334 g/mol. The van der Waals surface area contributed by atoms with Crippen molar-refractivity contribution in [2.75, 3.05) is 13.6 Å². The molecule has 0 fully saturated rings. The highest BCUT2D eigenvalue weighted by Gasteiger charge is 2.07. The molecular weight excluding hydrogens is 311 g/mol. The number of aromatic nitrogens is 1. The van der Waals surface area contributed by atoms with Gasteiger partial charge in [0, 0.05) is 13.1 Å². The molecule has 0 saturated heterocycles. The number of ether oxygens (including phenoxy) is 1. The minimum atomic E-state index is -0.281. The summed E-state index contributed by atoms with van der Waals surface area (Å²) in [6, 6.07) is 7.87. The van der Waals surface area contributed by atoms with Crippen molar-refractivity contribution in [3.8, 4) is 5.75 Å². The van der Waals surface area contributed by atoms with Crippen molar-refractivity contribution in [1.29, 1.82) is 0 Å². The minimum absolute atomic E-state index is 0.106. The van der Waals surface area contributed by atoms with E-state index in [9.17, 15) is 4.39 Å². The minimum Gasteiger partial charge on any atom is -0.489 e. The van der Waals surface area contributed by atoms with E-state index < -0.39 is 0 Å². The Labute approximate surface area is 141 Å². The second-order valence-electron chi connectivity index (χ2n) is 5.33. The third-order valence-electron chi connectivity index (χ3n) is 3.33. The summed E-state index contributed by atoms with van der Waals surface area (Å²) >= 11 is 0. The highest BCUT2D eigenvalue weighted by atomic mass is 19.1. The first-order chi connectivity index (χ1) is 11.6. The van der Waals surface area contributed by atoms with Crippen LogP contribution in [0.15, 0.2) is 39.8 Å². The van der Waals surface area contributed by atoms with Crippen LogP contribution in [-0.4, -0.2) is 30.8 Å². The van der Waals surface area contributed by atoms with Gasteiger partial charge >= 0.3 is 0 Å². The number of halogens is 1. The van der Waals surface area contributed by atoms with Crippen LogP contribution in [-0.2, 0) is 13.0 Å². The van der Waals surface area contributed by atoms with Crippen molar-refractivity contribution in [3.63, 3.8) is 0 Å². The van der Waals surface area contributed by atoms with Gasteiger partial charge in [0.25, 0.3) is 0 Å². The lowest BCUT2D eigenvalue weighted by Gasteiger charge is -2.17. The van der Waals surface area contributed by atoms with Gasteiger partial charge in [-0.25, -0.2) is 4.39 Å². The molecule has 0 spiro atoms. The molecule has 6 nitrogen and oxygen atoms in total. The number of benzene rings is 1. The topological polar surface area (TPSA) is 71.7 Å². The Morgan fingerprint density at radius 1 is 1.33 bits per heavy atom. The summed E-state index contributed by atoms with van der Waals surface area (Å²) in [7, 11) is 1.69. The molecule has 0 saturated carbocycles. The van der Waals surface area contributed by atoms with Crippen LogP contribution in [0.1, 0.15) is 25.3 Å². The molecule has 2 rings (SSSR count). The summed E-state index contributed by atoms with van der Waals surface area (Å²) in [5, 5.41) is 10.3. The zero-order chi connectivity index (χ0) is 17.4. The van der Waals surface area contributed by atoms with Crippen molar-refractivity contribution >= 4 is 5.96 Å². The second kappa shape index (κ2) is 8.90. The van der Waals surface area contributed by atoms with Crippen LogP contribution in [0.5, 0.6) is 5.75 Å². The largest absolute Gasteiger partial charge is 0.489 e. The van der Waals surface area contributed by atoms with Crippen molar-refractivity contribution in [1.82, 2.24) is 15.8 Å². The SMILES string of the molecule is CCc1cc(CNC(=NC)NCC(C)Oc2ccc(F)cc2)on1. The smallest absolute Gasteiger partial charge is 0.191 e. The molecule has 130 valence electrons. The van der Waals surface area contributed by atoms with Crippen molar-refractivity contribution in [2.24, 2.45) is 4.99 Å². The van der Waals surface area contributed by atoms with Gasteiger partial charge < -0.3 is 19.9 Å². The van der Waals surface area contributed by atoms with E-state index in [2.05, 4.69) is 20.8 Å². The molecule has 1 atom stereocenters. The van der Waals surface area contributed by atoms with Crippen LogP contribution in [0.2, 0.25) is 0 Å². The number of aliphatic imine (C=N–C) groups is 1. The highest BCUT2D eigenvalue weighted by molar-refractivity contribution is 5.79. The molecule has 0 aliphatic carbocycles. The van der Waals surface area contributed by atoms with Gasteiger partial charge in [-0.15, -0.1) is 0 Å². The predicted molar refractivity (Wildman–Crippen MR) is 90.6 cm³/mol. The van der Waals surface area contributed by atoms with E-state index in [-0.39, 0.29) is 11.9 Å². The van der Waals surface area contributed by atoms with Gasteiger partial charge in [0.2, 0.25) is 0 Å². The standard InChI is InChI=1S/C17H23FN4O2/c1-4-14-9-16(24-22-14)11-21-17(19-3)20-10-12(2)23-15-7-5-13(18)6-8-15/h5-9,12H,4,10-11H2,1-3H3,(H2,19,20,21). The third kappa shape index (κ3) is 5.57. The van der Waals surface area contributed by atoms with Gasteiger partial charge in [0.15, 0.2) is 11.7 Å². The zero-order valence-corrected chi connectivity index (χ0v) is 14.2. The summed E-state index contributed by atoms with van der Waals surface area (Å²) in [6.45, 7) is 5.00. The normalized spacial score (nSPS) is 12.8. The van der Waals surface area contributed by atoms with E-state index in [0.717, 1.165) is 17.9 Å². The Balaban J connectivity index is 1.75. The average molecular weight is 334 g/mol. The highest BCUT2D eigenvalue weighted by Crippen LogP contribution is 2.12. The summed E-state index contributed by atoms with van der Waals surface area (Å²) in [5.74, 6) is 1.74. The molecule has 1 unspecified atom stereocenters. The van der Waals surface area contributed by atoms with Crippen LogP contribution in [0.3, 0.4) is 0 Å². The van der Waals surface area contributed by atoms with Crippen molar-refractivity contribution in [2.45, 2.75) is 32.9 Å². The predicted octanol–water partition coefficient (Wildman–Crippen LogP) is 2.51. The summed E-state index contributed by atoms with van der Waals surface area (Å²) in [6.07, 6.45) is 0.736. The number of hydrogen-bond donors (Lipinski definition) is 2. The molecule has 0 aliphatic rings. The van der Waals surface area contributed by atoms with E-state index in [4.69, 9.17) is 9.26 Å². The maximum absolute atomic E-state index is 12.9. The molecule has 24 heavy (non-hydrogen) atoms. The number of rotatable bonds is 7. The van der Waals surface area contributed by atoms with E-state index in [1.807, 2.05) is 19.9 Å². The van der Waals surface area contributed by atoms with Gasteiger partial charge in [0.05, 0.1) is 18.8 Å². The maximum Gasteiger partial charge on any atom is 0.191 e. The molecule has 1 aromatic heterocycles. The molecule has 0 amide bonds. The van der Waals surface area contributed by atoms with Gasteiger partial charge in [-0.05, 0) is 37.6 Å². The first-order valence-electron chi connectivity index (χ1n) is 7.92. The lowest BCUT2D eigenvalue weighted by atomic mass is 10.3. The molecule has 0 bridgehead atoms. The lowest BCUT2D eigenvalue weighted by molar-refractivity contribution is 0.223. The van der Waals surface area contributed by atoms with E-state index in [1.165, 1.54) is 12.1 Å². The Bertz CT molecular complexity index is 655. The summed E-state index contributed by atoms with van der Waals surface area (Å²) in [5.41, 5.74) is 0.927. The van der Waals surface area contributed by atoms with Crippen molar-refractivity contribution in [3.05, 3.63) is 47.6 Å². The van der Waals surface area contributed by atoms with Crippen LogP contribution in [0.25, 0.3) is 0 Å². The first kappa shape index (κ1) is 17.8. The number of hydrogen-bond acceptors (Lipinski definition) is 4. The van der Waals surface area contributed by atoms with Gasteiger partial charge in [-0.1, -0.05) is 12.1 Å². The molecule has 2 N–H and O–H groups in total. The summed E-state index contributed by atoms with van der Waals surface area (Å²) in [4.78, 5) is 4.15. The number of guanidine groups is 1. The van der Waals surface area contributed by atoms with Crippen molar-refractivity contribution < 1.29 is 13.7 Å². The number of aryl methyl sites for hydroxylation is 1. The van der Waals surface area contributed by atoms with Gasteiger partial charge in [-0.3, -0.25) is 4.99 Å². The van der Waals surface area contributed by atoms with E-state index in [1.54, 1.807) is 19.2 Å². The van der Waals surface area contributed by atoms with Gasteiger partial charge in [0.1, 0.15) is 17.7 Å². The Kier molecular flexibility index (Phi) is 6.60. The zero-order valence-electron chi connectivity index (χ0n) is 14.2. The number of nitrogens with one attached hydrogen (secondary N) is 2. The maximum atomic E-state index is 12.9. The first-order valence-corrected chi connectivity index (χ1v) is 7.92. The molecule has 7 heteroatoms. The molecule has 0 aliphatic heterocycles. The van der Waals surface area contributed by atoms with E-state index in [0.29, 0.717) is 24.8 Å². The van der Waals surface area contributed by atoms with Gasteiger partial charge in [-0.2, -0.15) is 0 Å². The molecule has 1 aromatic carbocycles. The second-order valence-corrected chi connectivity index (χ2v) is 5.33.